The molecule has 374 valence electrons. The van der Waals surface area contributed by atoms with Gasteiger partial charge in [0, 0.05) is 19.3 Å². The van der Waals surface area contributed by atoms with Crippen molar-refractivity contribution in [3.63, 3.8) is 0 Å². The van der Waals surface area contributed by atoms with Crippen LogP contribution in [0.15, 0.2) is 36.5 Å². The van der Waals surface area contributed by atoms with Crippen LogP contribution >= 0.6 is 0 Å². The SMILES string of the molecule is CC/C=C\C/C=C\C/C=C\CCCCCCCC(=O)OC[C@H](COC(=O)CCCCCCCCCCCCCC)OC(=O)CCCCCCCCCCCCCCCCCCCCC. The van der Waals surface area contributed by atoms with Gasteiger partial charge in [-0.15, -0.1) is 0 Å². The third kappa shape index (κ3) is 50.6. The zero-order valence-corrected chi connectivity index (χ0v) is 42.8. The fraction of sp³-hybridized carbons (Fsp3) is 0.845. The Labute approximate surface area is 397 Å². The van der Waals surface area contributed by atoms with Crippen LogP contribution in [-0.4, -0.2) is 37.2 Å². The molecule has 0 aliphatic rings. The van der Waals surface area contributed by atoms with Gasteiger partial charge in [0.05, 0.1) is 0 Å². The third-order valence-electron chi connectivity index (χ3n) is 12.4. The summed E-state index contributed by atoms with van der Waals surface area (Å²) < 4.78 is 16.8. The Morgan fingerprint density at radius 3 is 0.953 bits per heavy atom. The molecular weight excluding hydrogens is 793 g/mol. The molecule has 0 saturated carbocycles. The fourth-order valence-electron chi connectivity index (χ4n) is 8.22. The quantitative estimate of drug-likeness (QED) is 0.0262. The number of carbonyl (C=O) groups excluding carboxylic acids is 3. The fourth-order valence-corrected chi connectivity index (χ4v) is 8.22. The number of hydrogen-bond donors (Lipinski definition) is 0. The monoisotopic (exact) mass is 899 g/mol. The number of unbranched alkanes of at least 4 members (excludes halogenated alkanes) is 34. The molecule has 0 bridgehead atoms. The molecule has 0 aliphatic heterocycles. The second-order valence-corrected chi connectivity index (χ2v) is 18.8. The number of carbonyl (C=O) groups is 3. The second kappa shape index (κ2) is 53.2. The molecule has 6 nitrogen and oxygen atoms in total. The van der Waals surface area contributed by atoms with Gasteiger partial charge in [-0.3, -0.25) is 14.4 Å². The first kappa shape index (κ1) is 61.6. The van der Waals surface area contributed by atoms with Gasteiger partial charge in [0.15, 0.2) is 6.10 Å². The summed E-state index contributed by atoms with van der Waals surface area (Å²) in [5.74, 6) is -0.874. The lowest BCUT2D eigenvalue weighted by Crippen LogP contribution is -2.30. The van der Waals surface area contributed by atoms with E-state index >= 15 is 0 Å². The van der Waals surface area contributed by atoms with E-state index in [4.69, 9.17) is 14.2 Å². The Bertz CT molecular complexity index is 1080. The largest absolute Gasteiger partial charge is 0.462 e. The summed E-state index contributed by atoms with van der Waals surface area (Å²) in [5.41, 5.74) is 0. The zero-order chi connectivity index (χ0) is 46.5. The topological polar surface area (TPSA) is 78.9 Å². The molecule has 1 atom stereocenters. The lowest BCUT2D eigenvalue weighted by Gasteiger charge is -2.18. The molecule has 0 aromatic heterocycles. The maximum absolute atomic E-state index is 12.8. The van der Waals surface area contributed by atoms with Crippen LogP contribution in [0.4, 0.5) is 0 Å². The maximum atomic E-state index is 12.8. The average Bonchev–Trinajstić information content (AvgIpc) is 3.29. The highest BCUT2D eigenvalue weighted by molar-refractivity contribution is 5.71. The number of esters is 3. The van der Waals surface area contributed by atoms with Crippen LogP contribution in [0.1, 0.15) is 297 Å². The van der Waals surface area contributed by atoms with E-state index in [9.17, 15) is 14.4 Å². The number of ether oxygens (including phenoxy) is 3. The van der Waals surface area contributed by atoms with Gasteiger partial charge in [-0.1, -0.05) is 263 Å². The van der Waals surface area contributed by atoms with E-state index in [0.29, 0.717) is 19.3 Å². The molecule has 0 unspecified atom stereocenters. The lowest BCUT2D eigenvalue weighted by atomic mass is 10.0. The highest BCUT2D eigenvalue weighted by atomic mass is 16.6. The minimum atomic E-state index is -0.774. The molecule has 0 heterocycles. The van der Waals surface area contributed by atoms with E-state index in [1.54, 1.807) is 0 Å². The number of rotatable bonds is 51. The predicted octanol–water partition coefficient (Wildman–Crippen LogP) is 18.5. The second-order valence-electron chi connectivity index (χ2n) is 18.8. The van der Waals surface area contributed by atoms with Crippen LogP contribution in [-0.2, 0) is 28.6 Å². The molecule has 0 fully saturated rings. The van der Waals surface area contributed by atoms with Crippen LogP contribution in [0.2, 0.25) is 0 Å². The predicted molar refractivity (Wildman–Crippen MR) is 275 cm³/mol. The van der Waals surface area contributed by atoms with Crippen LogP contribution in [0, 0.1) is 0 Å². The molecule has 6 heteroatoms. The van der Waals surface area contributed by atoms with Crippen molar-refractivity contribution in [2.24, 2.45) is 0 Å². The summed E-state index contributed by atoms with van der Waals surface area (Å²) in [5, 5.41) is 0. The summed E-state index contributed by atoms with van der Waals surface area (Å²) in [6.45, 7) is 6.55. The molecule has 0 aromatic carbocycles. The van der Waals surface area contributed by atoms with Gasteiger partial charge in [-0.05, 0) is 51.4 Å². The van der Waals surface area contributed by atoms with Crippen molar-refractivity contribution in [2.45, 2.75) is 303 Å². The van der Waals surface area contributed by atoms with Gasteiger partial charge < -0.3 is 14.2 Å². The van der Waals surface area contributed by atoms with E-state index in [2.05, 4.69) is 57.2 Å². The van der Waals surface area contributed by atoms with E-state index in [0.717, 1.165) is 96.3 Å². The van der Waals surface area contributed by atoms with Gasteiger partial charge in [-0.25, -0.2) is 0 Å². The Balaban J connectivity index is 4.32. The van der Waals surface area contributed by atoms with Crippen molar-refractivity contribution in [3.05, 3.63) is 36.5 Å². The molecule has 0 amide bonds. The minimum Gasteiger partial charge on any atom is -0.462 e. The summed E-state index contributed by atoms with van der Waals surface area (Å²) in [4.78, 5) is 38.1. The van der Waals surface area contributed by atoms with Crippen LogP contribution in [0.5, 0.6) is 0 Å². The van der Waals surface area contributed by atoms with Crippen molar-refractivity contribution in [3.8, 4) is 0 Å². The number of allylic oxidation sites excluding steroid dienone is 6. The van der Waals surface area contributed by atoms with Gasteiger partial charge in [0.2, 0.25) is 0 Å². The molecule has 0 aromatic rings. The molecule has 0 spiro atoms. The Kier molecular flexibility index (Phi) is 51.3. The minimum absolute atomic E-state index is 0.0731. The molecule has 0 radical (unpaired) electrons. The normalized spacial score (nSPS) is 12.2. The molecule has 0 N–H and O–H groups in total. The van der Waals surface area contributed by atoms with E-state index in [-0.39, 0.29) is 31.1 Å². The molecular formula is C58H106O6. The maximum Gasteiger partial charge on any atom is 0.306 e. The smallest absolute Gasteiger partial charge is 0.306 e. The van der Waals surface area contributed by atoms with E-state index in [1.165, 1.54) is 161 Å². The highest BCUT2D eigenvalue weighted by Crippen LogP contribution is 2.17. The van der Waals surface area contributed by atoms with Gasteiger partial charge in [0.25, 0.3) is 0 Å². The molecule has 0 saturated heterocycles. The van der Waals surface area contributed by atoms with Gasteiger partial charge >= 0.3 is 17.9 Å². The van der Waals surface area contributed by atoms with Crippen molar-refractivity contribution in [2.75, 3.05) is 13.2 Å². The van der Waals surface area contributed by atoms with Crippen LogP contribution < -0.4 is 0 Å². The zero-order valence-electron chi connectivity index (χ0n) is 42.8. The first-order valence-corrected chi connectivity index (χ1v) is 28.0. The van der Waals surface area contributed by atoms with Crippen LogP contribution in [0.25, 0.3) is 0 Å². The Hall–Kier alpha value is -2.37. The summed E-state index contributed by atoms with van der Waals surface area (Å²) in [6.07, 6.45) is 62.8. The molecule has 0 aliphatic carbocycles. The van der Waals surface area contributed by atoms with Crippen LogP contribution in [0.3, 0.4) is 0 Å². The average molecular weight is 899 g/mol. The molecule has 64 heavy (non-hydrogen) atoms. The lowest BCUT2D eigenvalue weighted by molar-refractivity contribution is -0.167. The van der Waals surface area contributed by atoms with Crippen molar-refractivity contribution >= 4 is 17.9 Å². The first-order chi connectivity index (χ1) is 31.5. The standard InChI is InChI=1S/C58H106O6/c1-4-7-10-13-16-19-22-25-27-28-29-30-32-34-37-40-43-46-49-52-58(61)64-55(53-62-56(59)50-47-44-41-38-35-24-21-18-15-12-9-6-3)54-63-57(60)51-48-45-42-39-36-33-31-26-23-20-17-14-11-8-5-2/h8,11,17,20,26,31,55H,4-7,9-10,12-16,18-19,21-25,27-30,32-54H2,1-3H3/b11-8-,20-17-,31-26-/t55-/m0/s1. The van der Waals surface area contributed by atoms with Crippen molar-refractivity contribution in [1.29, 1.82) is 0 Å². The van der Waals surface area contributed by atoms with Crippen molar-refractivity contribution in [1.82, 2.24) is 0 Å². The van der Waals surface area contributed by atoms with Crippen molar-refractivity contribution < 1.29 is 28.6 Å². The molecule has 0 rings (SSSR count). The van der Waals surface area contributed by atoms with Gasteiger partial charge in [0.1, 0.15) is 13.2 Å². The first-order valence-electron chi connectivity index (χ1n) is 28.0. The Morgan fingerprint density at radius 1 is 0.328 bits per heavy atom. The Morgan fingerprint density at radius 2 is 0.609 bits per heavy atom. The highest BCUT2D eigenvalue weighted by Gasteiger charge is 2.19. The number of hydrogen-bond acceptors (Lipinski definition) is 6. The van der Waals surface area contributed by atoms with E-state index in [1.807, 2.05) is 0 Å². The summed E-state index contributed by atoms with van der Waals surface area (Å²) in [7, 11) is 0. The third-order valence-corrected chi connectivity index (χ3v) is 12.4. The van der Waals surface area contributed by atoms with Gasteiger partial charge in [-0.2, -0.15) is 0 Å². The van der Waals surface area contributed by atoms with E-state index < -0.39 is 6.10 Å². The summed E-state index contributed by atoms with van der Waals surface area (Å²) >= 11 is 0. The summed E-state index contributed by atoms with van der Waals surface area (Å²) in [6, 6.07) is 0.